The number of nitrogens with one attached hydrogen (secondary N) is 1. The van der Waals surface area contributed by atoms with Crippen LogP contribution in [-0.2, 0) is 16.1 Å². The molecule has 0 spiro atoms. The van der Waals surface area contributed by atoms with Gasteiger partial charge >= 0.3 is 0 Å². The number of nitrogens with zero attached hydrogens (tertiary/aromatic N) is 2. The van der Waals surface area contributed by atoms with E-state index in [4.69, 9.17) is 10.5 Å². The number of hydrogen-bond acceptors (Lipinski definition) is 4. The predicted octanol–water partition coefficient (Wildman–Crippen LogP) is 0.852. The standard InChI is InChI=1S/C15H20N4O2/c1-21-14(10-16)9-15(20)17-11-12-3-5-13(6-4-12)19-8-2-7-18-19/h2-8,14H,9-11,16H2,1H3,(H,17,20). The lowest BCUT2D eigenvalue weighted by atomic mass is 10.2. The lowest BCUT2D eigenvalue weighted by Crippen LogP contribution is -2.31. The zero-order valence-corrected chi connectivity index (χ0v) is 12.0. The molecule has 0 saturated carbocycles. The van der Waals surface area contributed by atoms with Crippen LogP contribution in [0.4, 0.5) is 0 Å². The number of ether oxygens (including phenoxy) is 1. The summed E-state index contributed by atoms with van der Waals surface area (Å²) in [5, 5.41) is 7.02. The molecule has 0 fully saturated rings. The average Bonchev–Trinajstić information content (AvgIpc) is 3.05. The van der Waals surface area contributed by atoms with E-state index in [1.807, 2.05) is 36.5 Å². The quantitative estimate of drug-likeness (QED) is 0.791. The molecule has 21 heavy (non-hydrogen) atoms. The number of hydrogen-bond donors (Lipinski definition) is 2. The van der Waals surface area contributed by atoms with Gasteiger partial charge in [0, 0.05) is 32.6 Å². The molecule has 0 aliphatic rings. The lowest BCUT2D eigenvalue weighted by molar-refractivity contribution is -0.123. The van der Waals surface area contributed by atoms with E-state index in [9.17, 15) is 4.79 Å². The molecule has 0 radical (unpaired) electrons. The molecule has 1 unspecified atom stereocenters. The molecular formula is C15H20N4O2. The Balaban J connectivity index is 1.85. The first-order chi connectivity index (χ1) is 10.2. The Hall–Kier alpha value is -2.18. The number of methoxy groups -OCH3 is 1. The highest BCUT2D eigenvalue weighted by Crippen LogP contribution is 2.08. The van der Waals surface area contributed by atoms with Gasteiger partial charge in [0.25, 0.3) is 0 Å². The maximum Gasteiger partial charge on any atom is 0.222 e. The van der Waals surface area contributed by atoms with Crippen LogP contribution in [0.3, 0.4) is 0 Å². The molecule has 112 valence electrons. The molecule has 3 N–H and O–H groups in total. The van der Waals surface area contributed by atoms with Crippen molar-refractivity contribution >= 4 is 5.91 Å². The van der Waals surface area contributed by atoms with Gasteiger partial charge in [0.2, 0.25) is 5.91 Å². The maximum absolute atomic E-state index is 11.7. The first-order valence-electron chi connectivity index (χ1n) is 6.81. The molecule has 1 atom stereocenters. The van der Waals surface area contributed by atoms with Gasteiger partial charge < -0.3 is 15.8 Å². The van der Waals surface area contributed by atoms with Crippen LogP contribution < -0.4 is 11.1 Å². The van der Waals surface area contributed by atoms with Gasteiger partial charge in [-0.15, -0.1) is 0 Å². The van der Waals surface area contributed by atoms with Crippen LogP contribution in [0.15, 0.2) is 42.7 Å². The average molecular weight is 288 g/mol. The van der Waals surface area contributed by atoms with Crippen LogP contribution in [-0.4, -0.2) is 35.4 Å². The zero-order chi connectivity index (χ0) is 15.1. The molecule has 2 rings (SSSR count). The molecule has 0 aliphatic heterocycles. The molecule has 2 aromatic rings. The summed E-state index contributed by atoms with van der Waals surface area (Å²) in [4.78, 5) is 11.7. The number of benzene rings is 1. The van der Waals surface area contributed by atoms with E-state index < -0.39 is 0 Å². The van der Waals surface area contributed by atoms with Crippen molar-refractivity contribution in [2.45, 2.75) is 19.1 Å². The van der Waals surface area contributed by atoms with Crippen molar-refractivity contribution in [1.82, 2.24) is 15.1 Å². The molecule has 1 amide bonds. The summed E-state index contributed by atoms with van der Waals surface area (Å²) in [5.41, 5.74) is 7.50. The first-order valence-corrected chi connectivity index (χ1v) is 6.81. The summed E-state index contributed by atoms with van der Waals surface area (Å²) in [6.45, 7) is 0.821. The fraction of sp³-hybridized carbons (Fsp3) is 0.333. The second-order valence-corrected chi connectivity index (χ2v) is 4.69. The largest absolute Gasteiger partial charge is 0.380 e. The third-order valence-electron chi connectivity index (χ3n) is 3.20. The van der Waals surface area contributed by atoms with E-state index in [0.717, 1.165) is 11.3 Å². The molecule has 1 aromatic heterocycles. The highest BCUT2D eigenvalue weighted by Gasteiger charge is 2.10. The van der Waals surface area contributed by atoms with Crippen molar-refractivity contribution in [2.24, 2.45) is 5.73 Å². The Labute approximate surface area is 123 Å². The molecule has 6 heteroatoms. The minimum atomic E-state index is -0.229. The maximum atomic E-state index is 11.7. The number of rotatable bonds is 7. The molecule has 0 aliphatic carbocycles. The molecular weight excluding hydrogens is 268 g/mol. The first kappa shape index (κ1) is 15.2. The lowest BCUT2D eigenvalue weighted by Gasteiger charge is -2.12. The number of amides is 1. The van der Waals surface area contributed by atoms with Gasteiger partial charge in [-0.1, -0.05) is 12.1 Å². The fourth-order valence-corrected chi connectivity index (χ4v) is 1.93. The van der Waals surface area contributed by atoms with Crippen LogP contribution in [0.2, 0.25) is 0 Å². The van der Waals surface area contributed by atoms with Crippen molar-refractivity contribution in [3.8, 4) is 5.69 Å². The van der Waals surface area contributed by atoms with Crippen LogP contribution in [0.1, 0.15) is 12.0 Å². The van der Waals surface area contributed by atoms with E-state index in [0.29, 0.717) is 13.1 Å². The van der Waals surface area contributed by atoms with Crippen molar-refractivity contribution < 1.29 is 9.53 Å². The Morgan fingerprint density at radius 3 is 2.76 bits per heavy atom. The van der Waals surface area contributed by atoms with E-state index >= 15 is 0 Å². The van der Waals surface area contributed by atoms with Crippen LogP contribution in [0.25, 0.3) is 5.69 Å². The van der Waals surface area contributed by atoms with Gasteiger partial charge in [0.1, 0.15) is 0 Å². The van der Waals surface area contributed by atoms with Crippen molar-refractivity contribution in [3.05, 3.63) is 48.3 Å². The monoisotopic (exact) mass is 288 g/mol. The molecule has 0 saturated heterocycles. The number of nitrogens with two attached hydrogens (primary N) is 1. The smallest absolute Gasteiger partial charge is 0.222 e. The van der Waals surface area contributed by atoms with E-state index in [2.05, 4.69) is 10.4 Å². The fourth-order valence-electron chi connectivity index (χ4n) is 1.93. The number of carbonyl (C=O) groups is 1. The number of aromatic nitrogens is 2. The molecule has 0 bridgehead atoms. The third kappa shape index (κ3) is 4.40. The Morgan fingerprint density at radius 2 is 2.19 bits per heavy atom. The van der Waals surface area contributed by atoms with Crippen molar-refractivity contribution in [2.75, 3.05) is 13.7 Å². The SMILES string of the molecule is COC(CN)CC(=O)NCc1ccc(-n2cccn2)cc1. The highest BCUT2D eigenvalue weighted by molar-refractivity contribution is 5.76. The molecule has 1 aromatic carbocycles. The Morgan fingerprint density at radius 1 is 1.43 bits per heavy atom. The Kier molecular flexibility index (Phi) is 5.48. The molecule has 6 nitrogen and oxygen atoms in total. The highest BCUT2D eigenvalue weighted by atomic mass is 16.5. The predicted molar refractivity (Wildman–Crippen MR) is 79.9 cm³/mol. The Bertz CT molecular complexity index is 548. The van der Waals surface area contributed by atoms with Crippen molar-refractivity contribution in [1.29, 1.82) is 0 Å². The van der Waals surface area contributed by atoms with E-state index in [1.54, 1.807) is 18.0 Å². The van der Waals surface area contributed by atoms with Gasteiger partial charge in [0.15, 0.2) is 0 Å². The van der Waals surface area contributed by atoms with E-state index in [1.165, 1.54) is 0 Å². The van der Waals surface area contributed by atoms with Gasteiger partial charge in [-0.3, -0.25) is 4.79 Å². The summed E-state index contributed by atoms with van der Waals surface area (Å²) in [7, 11) is 1.55. The van der Waals surface area contributed by atoms with Crippen LogP contribution >= 0.6 is 0 Å². The van der Waals surface area contributed by atoms with Crippen molar-refractivity contribution in [3.63, 3.8) is 0 Å². The summed E-state index contributed by atoms with van der Waals surface area (Å²) < 4.78 is 6.87. The third-order valence-corrected chi connectivity index (χ3v) is 3.20. The van der Waals surface area contributed by atoms with Gasteiger partial charge in [0.05, 0.1) is 18.2 Å². The zero-order valence-electron chi connectivity index (χ0n) is 12.0. The van der Waals surface area contributed by atoms with Gasteiger partial charge in [-0.2, -0.15) is 5.10 Å². The summed E-state index contributed by atoms with van der Waals surface area (Å²) in [6.07, 6.45) is 3.66. The molecule has 1 heterocycles. The van der Waals surface area contributed by atoms with Gasteiger partial charge in [-0.25, -0.2) is 4.68 Å². The topological polar surface area (TPSA) is 82.2 Å². The minimum absolute atomic E-state index is 0.0662. The normalized spacial score (nSPS) is 12.1. The van der Waals surface area contributed by atoms with Crippen LogP contribution in [0.5, 0.6) is 0 Å². The van der Waals surface area contributed by atoms with Gasteiger partial charge in [-0.05, 0) is 23.8 Å². The van der Waals surface area contributed by atoms with Crippen LogP contribution in [0, 0.1) is 0 Å². The summed E-state index contributed by atoms with van der Waals surface area (Å²) in [6, 6.07) is 9.73. The summed E-state index contributed by atoms with van der Waals surface area (Å²) >= 11 is 0. The number of carbonyl (C=O) groups excluding carboxylic acids is 1. The second kappa shape index (κ2) is 7.56. The van der Waals surface area contributed by atoms with E-state index in [-0.39, 0.29) is 18.4 Å². The minimum Gasteiger partial charge on any atom is -0.380 e. The summed E-state index contributed by atoms with van der Waals surface area (Å²) in [5.74, 6) is -0.0662. The second-order valence-electron chi connectivity index (χ2n) is 4.69.